The Labute approximate surface area is 92.4 Å². The molecule has 0 radical (unpaired) electrons. The maximum absolute atomic E-state index is 11.3. The Kier molecular flexibility index (Phi) is 5.02. The Morgan fingerprint density at radius 1 is 1.40 bits per heavy atom. The largest absolute Gasteiger partial charge is 0.381 e. The van der Waals surface area contributed by atoms with Gasteiger partial charge in [-0.1, -0.05) is 0 Å². The molecule has 0 unspecified atom stereocenters. The summed E-state index contributed by atoms with van der Waals surface area (Å²) in [5.41, 5.74) is 0. The van der Waals surface area contributed by atoms with Crippen LogP contribution in [0.3, 0.4) is 0 Å². The van der Waals surface area contributed by atoms with Gasteiger partial charge in [0.2, 0.25) is 10.0 Å². The molecule has 1 aliphatic rings. The molecule has 0 bridgehead atoms. The van der Waals surface area contributed by atoms with Crippen molar-refractivity contribution in [1.82, 2.24) is 4.72 Å². The van der Waals surface area contributed by atoms with Crippen molar-refractivity contribution in [3.63, 3.8) is 0 Å². The molecular weight excluding hydrogens is 214 g/mol. The second-order valence-corrected chi connectivity index (χ2v) is 6.68. The van der Waals surface area contributed by atoms with Gasteiger partial charge >= 0.3 is 0 Å². The minimum absolute atomic E-state index is 0.357. The third-order valence-corrected chi connectivity index (χ3v) is 4.29. The second-order valence-electron chi connectivity index (χ2n) is 4.36. The predicted molar refractivity (Wildman–Crippen MR) is 60.2 cm³/mol. The number of hydrogen-bond acceptors (Lipinski definition) is 3. The molecule has 0 aromatic rings. The van der Waals surface area contributed by atoms with E-state index in [0.29, 0.717) is 13.2 Å². The first kappa shape index (κ1) is 12.9. The number of rotatable bonds is 8. The van der Waals surface area contributed by atoms with Gasteiger partial charge in [-0.3, -0.25) is 0 Å². The average Bonchev–Trinajstić information content (AvgIpc) is 2.94. The summed E-state index contributed by atoms with van der Waals surface area (Å²) in [5, 5.41) is -0.357. The molecule has 15 heavy (non-hydrogen) atoms. The highest BCUT2D eigenvalue weighted by Gasteiger charge is 2.20. The van der Waals surface area contributed by atoms with Gasteiger partial charge in [-0.2, -0.15) is 0 Å². The highest BCUT2D eigenvalue weighted by molar-refractivity contribution is 7.90. The minimum atomic E-state index is -3.09. The maximum atomic E-state index is 11.3. The fourth-order valence-electron chi connectivity index (χ4n) is 1.09. The van der Waals surface area contributed by atoms with Crippen molar-refractivity contribution >= 4 is 10.0 Å². The summed E-state index contributed by atoms with van der Waals surface area (Å²) >= 11 is 0. The van der Waals surface area contributed by atoms with Gasteiger partial charge in [0.15, 0.2) is 0 Å². The van der Waals surface area contributed by atoms with Gasteiger partial charge in [-0.15, -0.1) is 0 Å². The second kappa shape index (κ2) is 5.82. The van der Waals surface area contributed by atoms with E-state index in [1.165, 1.54) is 12.8 Å². The standard InChI is InChI=1S/C10H21NO3S/c1-9(2)15(12,13)11-6-3-7-14-8-10-4-5-10/h9-11H,3-8H2,1-2H3. The lowest BCUT2D eigenvalue weighted by atomic mass is 10.4. The first-order valence-electron chi connectivity index (χ1n) is 5.58. The number of nitrogens with one attached hydrogen (secondary N) is 1. The number of ether oxygens (including phenoxy) is 1. The monoisotopic (exact) mass is 235 g/mol. The number of sulfonamides is 1. The zero-order valence-electron chi connectivity index (χ0n) is 9.53. The van der Waals surface area contributed by atoms with Crippen LogP contribution >= 0.6 is 0 Å². The smallest absolute Gasteiger partial charge is 0.213 e. The molecule has 0 saturated heterocycles. The molecule has 1 N–H and O–H groups in total. The Morgan fingerprint density at radius 3 is 2.60 bits per heavy atom. The van der Waals surface area contributed by atoms with E-state index in [-0.39, 0.29) is 5.25 Å². The van der Waals surface area contributed by atoms with Crippen LogP contribution in [0.1, 0.15) is 33.1 Å². The van der Waals surface area contributed by atoms with E-state index in [1.807, 2.05) is 0 Å². The topological polar surface area (TPSA) is 55.4 Å². The van der Waals surface area contributed by atoms with Crippen LogP contribution in [-0.4, -0.2) is 33.4 Å². The summed E-state index contributed by atoms with van der Waals surface area (Å²) in [5.74, 6) is 0.775. The van der Waals surface area contributed by atoms with E-state index in [2.05, 4.69) is 4.72 Å². The summed E-state index contributed by atoms with van der Waals surface area (Å²) < 4.78 is 30.6. The molecule has 0 amide bonds. The summed E-state index contributed by atoms with van der Waals surface area (Å²) in [7, 11) is -3.09. The van der Waals surface area contributed by atoms with Crippen LogP contribution in [0.5, 0.6) is 0 Å². The Bertz CT molecular complexity index is 270. The van der Waals surface area contributed by atoms with Crippen LogP contribution in [-0.2, 0) is 14.8 Å². The number of hydrogen-bond donors (Lipinski definition) is 1. The van der Waals surface area contributed by atoms with Gasteiger partial charge in [0, 0.05) is 19.8 Å². The van der Waals surface area contributed by atoms with Crippen LogP contribution < -0.4 is 4.72 Å². The lowest BCUT2D eigenvalue weighted by Gasteiger charge is -2.09. The molecule has 1 rings (SSSR count). The van der Waals surface area contributed by atoms with E-state index in [1.54, 1.807) is 13.8 Å². The molecule has 0 spiro atoms. The molecule has 0 aromatic carbocycles. The predicted octanol–water partition coefficient (Wildman–Crippen LogP) is 1.13. The molecule has 0 aliphatic heterocycles. The van der Waals surface area contributed by atoms with Crippen molar-refractivity contribution in [2.45, 2.75) is 38.4 Å². The molecule has 1 aliphatic carbocycles. The summed E-state index contributed by atoms with van der Waals surface area (Å²) in [6.07, 6.45) is 3.33. The first-order chi connectivity index (χ1) is 7.02. The SMILES string of the molecule is CC(C)S(=O)(=O)NCCCOCC1CC1. The van der Waals surface area contributed by atoms with Crippen molar-refractivity contribution in [3.8, 4) is 0 Å². The van der Waals surface area contributed by atoms with Crippen molar-refractivity contribution in [2.24, 2.45) is 5.92 Å². The molecule has 4 nitrogen and oxygen atoms in total. The third kappa shape index (κ3) is 5.49. The average molecular weight is 235 g/mol. The maximum Gasteiger partial charge on any atom is 0.213 e. The third-order valence-electron chi connectivity index (χ3n) is 2.44. The fraction of sp³-hybridized carbons (Fsp3) is 1.00. The Morgan fingerprint density at radius 2 is 2.07 bits per heavy atom. The van der Waals surface area contributed by atoms with Gasteiger partial charge in [-0.25, -0.2) is 13.1 Å². The highest BCUT2D eigenvalue weighted by Crippen LogP contribution is 2.28. The zero-order chi connectivity index (χ0) is 11.3. The molecular formula is C10H21NO3S. The molecule has 0 heterocycles. The van der Waals surface area contributed by atoms with Crippen LogP contribution in [0.4, 0.5) is 0 Å². The molecule has 1 fully saturated rings. The Hall–Kier alpha value is -0.130. The van der Waals surface area contributed by atoms with Gasteiger partial charge in [0.25, 0.3) is 0 Å². The van der Waals surface area contributed by atoms with Gasteiger partial charge in [0.1, 0.15) is 0 Å². The van der Waals surface area contributed by atoms with Crippen molar-refractivity contribution < 1.29 is 13.2 Å². The summed E-state index contributed by atoms with van der Waals surface area (Å²) in [4.78, 5) is 0. The van der Waals surface area contributed by atoms with E-state index >= 15 is 0 Å². The summed E-state index contributed by atoms with van der Waals surface area (Å²) in [6.45, 7) is 5.32. The van der Waals surface area contributed by atoms with Crippen molar-refractivity contribution in [2.75, 3.05) is 19.8 Å². The van der Waals surface area contributed by atoms with Crippen LogP contribution in [0.15, 0.2) is 0 Å². The quantitative estimate of drug-likeness (QED) is 0.642. The van der Waals surface area contributed by atoms with E-state index < -0.39 is 10.0 Å². The van der Waals surface area contributed by atoms with Crippen LogP contribution in [0, 0.1) is 5.92 Å². The first-order valence-corrected chi connectivity index (χ1v) is 7.13. The Balaban J connectivity index is 1.95. The van der Waals surface area contributed by atoms with E-state index in [4.69, 9.17) is 4.74 Å². The minimum Gasteiger partial charge on any atom is -0.381 e. The molecule has 1 saturated carbocycles. The molecule has 0 atom stereocenters. The molecule has 0 aromatic heterocycles. The normalized spacial score (nSPS) is 17.3. The molecule has 90 valence electrons. The fourth-order valence-corrected chi connectivity index (χ4v) is 1.85. The lowest BCUT2D eigenvalue weighted by molar-refractivity contribution is 0.123. The zero-order valence-corrected chi connectivity index (χ0v) is 10.3. The van der Waals surface area contributed by atoms with Gasteiger partial charge in [0.05, 0.1) is 5.25 Å². The van der Waals surface area contributed by atoms with Gasteiger partial charge in [-0.05, 0) is 39.0 Å². The van der Waals surface area contributed by atoms with Crippen LogP contribution in [0.2, 0.25) is 0 Å². The van der Waals surface area contributed by atoms with Crippen LogP contribution in [0.25, 0.3) is 0 Å². The van der Waals surface area contributed by atoms with E-state index in [0.717, 1.165) is 18.9 Å². The van der Waals surface area contributed by atoms with Crippen molar-refractivity contribution in [3.05, 3.63) is 0 Å². The van der Waals surface area contributed by atoms with Gasteiger partial charge < -0.3 is 4.74 Å². The lowest BCUT2D eigenvalue weighted by Crippen LogP contribution is -2.31. The summed E-state index contributed by atoms with van der Waals surface area (Å²) in [6, 6.07) is 0. The highest BCUT2D eigenvalue weighted by atomic mass is 32.2. The van der Waals surface area contributed by atoms with Crippen molar-refractivity contribution in [1.29, 1.82) is 0 Å². The molecule has 5 heteroatoms. The van der Waals surface area contributed by atoms with E-state index in [9.17, 15) is 8.42 Å².